The predicted molar refractivity (Wildman–Crippen MR) is 53.8 cm³/mol. The zero-order chi connectivity index (χ0) is 10.1. The molecule has 4 nitrogen and oxygen atoms in total. The normalized spacial score (nSPS) is 13.4. The SMILES string of the molecule is CCC(N)c1nc2nc(C)ccc2o1. The average molecular weight is 191 g/mol. The second-order valence-electron chi connectivity index (χ2n) is 3.34. The second kappa shape index (κ2) is 3.38. The summed E-state index contributed by atoms with van der Waals surface area (Å²) in [5, 5.41) is 0. The van der Waals surface area contributed by atoms with E-state index in [9.17, 15) is 0 Å². The number of nitrogens with zero attached hydrogens (tertiary/aromatic N) is 2. The van der Waals surface area contributed by atoms with Crippen molar-refractivity contribution in [1.29, 1.82) is 0 Å². The summed E-state index contributed by atoms with van der Waals surface area (Å²) in [6.45, 7) is 3.92. The van der Waals surface area contributed by atoms with Crippen LogP contribution in [0.4, 0.5) is 0 Å². The summed E-state index contributed by atoms with van der Waals surface area (Å²) >= 11 is 0. The standard InChI is InChI=1S/C10H13N3O/c1-3-7(11)10-13-9-8(14-10)5-4-6(2)12-9/h4-5,7H,3,11H2,1-2H3. The fourth-order valence-electron chi connectivity index (χ4n) is 1.26. The van der Waals surface area contributed by atoms with Crippen molar-refractivity contribution >= 4 is 11.2 Å². The number of aromatic nitrogens is 2. The van der Waals surface area contributed by atoms with Crippen LogP contribution in [0, 0.1) is 6.92 Å². The zero-order valence-corrected chi connectivity index (χ0v) is 8.32. The van der Waals surface area contributed by atoms with Crippen LogP contribution in [-0.4, -0.2) is 9.97 Å². The number of aryl methyl sites for hydroxylation is 1. The molecule has 2 heterocycles. The molecule has 0 aromatic carbocycles. The van der Waals surface area contributed by atoms with Gasteiger partial charge in [-0.3, -0.25) is 0 Å². The molecular formula is C10H13N3O. The highest BCUT2D eigenvalue weighted by Crippen LogP contribution is 2.19. The van der Waals surface area contributed by atoms with Crippen molar-refractivity contribution in [2.75, 3.05) is 0 Å². The van der Waals surface area contributed by atoms with Crippen molar-refractivity contribution in [3.05, 3.63) is 23.7 Å². The summed E-state index contributed by atoms with van der Waals surface area (Å²) < 4.78 is 5.48. The summed E-state index contributed by atoms with van der Waals surface area (Å²) in [5.74, 6) is 0.570. The summed E-state index contributed by atoms with van der Waals surface area (Å²) in [4.78, 5) is 8.49. The third-order valence-corrected chi connectivity index (χ3v) is 2.17. The Morgan fingerprint density at radius 3 is 2.93 bits per heavy atom. The van der Waals surface area contributed by atoms with Gasteiger partial charge in [0.2, 0.25) is 5.89 Å². The van der Waals surface area contributed by atoms with Gasteiger partial charge in [0.15, 0.2) is 11.2 Å². The van der Waals surface area contributed by atoms with E-state index in [0.29, 0.717) is 17.1 Å². The minimum absolute atomic E-state index is 0.135. The second-order valence-corrected chi connectivity index (χ2v) is 3.34. The van der Waals surface area contributed by atoms with Gasteiger partial charge >= 0.3 is 0 Å². The maximum Gasteiger partial charge on any atom is 0.213 e. The quantitative estimate of drug-likeness (QED) is 0.787. The Labute approximate surface area is 82.1 Å². The molecular weight excluding hydrogens is 178 g/mol. The van der Waals surface area contributed by atoms with Crippen LogP contribution < -0.4 is 5.73 Å². The van der Waals surface area contributed by atoms with Crippen LogP contribution >= 0.6 is 0 Å². The van der Waals surface area contributed by atoms with Crippen LogP contribution in [0.15, 0.2) is 16.5 Å². The molecule has 2 N–H and O–H groups in total. The van der Waals surface area contributed by atoms with E-state index in [0.717, 1.165) is 12.1 Å². The molecule has 1 unspecified atom stereocenters. The molecule has 0 saturated carbocycles. The van der Waals surface area contributed by atoms with Crippen molar-refractivity contribution in [3.8, 4) is 0 Å². The van der Waals surface area contributed by atoms with E-state index in [2.05, 4.69) is 9.97 Å². The minimum atomic E-state index is -0.135. The highest BCUT2D eigenvalue weighted by molar-refractivity contribution is 5.67. The molecule has 4 heteroatoms. The molecule has 0 fully saturated rings. The Morgan fingerprint density at radius 1 is 1.43 bits per heavy atom. The highest BCUT2D eigenvalue weighted by Gasteiger charge is 2.12. The Balaban J connectivity index is 2.51. The van der Waals surface area contributed by atoms with Crippen molar-refractivity contribution in [1.82, 2.24) is 9.97 Å². The van der Waals surface area contributed by atoms with Gasteiger partial charge in [-0.1, -0.05) is 6.92 Å². The van der Waals surface area contributed by atoms with Gasteiger partial charge in [0.1, 0.15) is 0 Å². The highest BCUT2D eigenvalue weighted by atomic mass is 16.3. The Kier molecular flexibility index (Phi) is 2.21. The van der Waals surface area contributed by atoms with Crippen LogP contribution in [0.1, 0.15) is 31.0 Å². The lowest BCUT2D eigenvalue weighted by atomic mass is 10.2. The van der Waals surface area contributed by atoms with Gasteiger partial charge in [0, 0.05) is 5.69 Å². The molecule has 0 aliphatic carbocycles. The molecule has 2 aromatic heterocycles. The Hall–Kier alpha value is -1.42. The van der Waals surface area contributed by atoms with E-state index in [1.165, 1.54) is 0 Å². The molecule has 0 aliphatic heterocycles. The van der Waals surface area contributed by atoms with Gasteiger partial charge in [0.25, 0.3) is 0 Å². The lowest BCUT2D eigenvalue weighted by molar-refractivity contribution is 0.469. The van der Waals surface area contributed by atoms with Gasteiger partial charge in [-0.25, -0.2) is 4.98 Å². The lowest BCUT2D eigenvalue weighted by Gasteiger charge is -2.00. The first-order valence-electron chi connectivity index (χ1n) is 4.70. The van der Waals surface area contributed by atoms with Gasteiger partial charge in [-0.2, -0.15) is 4.98 Å². The van der Waals surface area contributed by atoms with E-state index >= 15 is 0 Å². The van der Waals surface area contributed by atoms with Crippen LogP contribution in [0.2, 0.25) is 0 Å². The molecule has 0 spiro atoms. The van der Waals surface area contributed by atoms with E-state index in [1.807, 2.05) is 26.0 Å². The number of hydrogen-bond acceptors (Lipinski definition) is 4. The molecule has 0 saturated heterocycles. The molecule has 1 atom stereocenters. The molecule has 2 rings (SSSR count). The first-order chi connectivity index (χ1) is 6.70. The fraction of sp³-hybridized carbons (Fsp3) is 0.400. The van der Waals surface area contributed by atoms with Gasteiger partial charge in [-0.05, 0) is 25.5 Å². The Morgan fingerprint density at radius 2 is 2.21 bits per heavy atom. The fourth-order valence-corrected chi connectivity index (χ4v) is 1.26. The van der Waals surface area contributed by atoms with Crippen molar-refractivity contribution < 1.29 is 4.42 Å². The molecule has 2 aromatic rings. The van der Waals surface area contributed by atoms with E-state index in [1.54, 1.807) is 0 Å². The summed E-state index contributed by atoms with van der Waals surface area (Å²) in [5.41, 5.74) is 8.09. The first-order valence-corrected chi connectivity index (χ1v) is 4.70. The van der Waals surface area contributed by atoms with Gasteiger partial charge in [0.05, 0.1) is 6.04 Å². The topological polar surface area (TPSA) is 64.9 Å². The monoisotopic (exact) mass is 191 g/mol. The summed E-state index contributed by atoms with van der Waals surface area (Å²) in [6, 6.07) is 3.63. The number of fused-ring (bicyclic) bond motifs is 1. The van der Waals surface area contributed by atoms with Crippen LogP contribution in [0.3, 0.4) is 0 Å². The first kappa shape index (κ1) is 9.15. The van der Waals surface area contributed by atoms with Crippen LogP contribution in [0.5, 0.6) is 0 Å². The van der Waals surface area contributed by atoms with Crippen LogP contribution in [-0.2, 0) is 0 Å². The maximum absolute atomic E-state index is 5.81. The minimum Gasteiger partial charge on any atom is -0.437 e. The Bertz CT molecular complexity index is 450. The van der Waals surface area contributed by atoms with Crippen molar-refractivity contribution in [2.24, 2.45) is 5.73 Å². The average Bonchev–Trinajstić information content (AvgIpc) is 2.59. The zero-order valence-electron chi connectivity index (χ0n) is 8.32. The van der Waals surface area contributed by atoms with E-state index in [4.69, 9.17) is 10.2 Å². The predicted octanol–water partition coefficient (Wildman–Crippen LogP) is 1.94. The molecule has 0 bridgehead atoms. The summed E-state index contributed by atoms with van der Waals surface area (Å²) in [7, 11) is 0. The van der Waals surface area contributed by atoms with Crippen molar-refractivity contribution in [3.63, 3.8) is 0 Å². The number of hydrogen-bond donors (Lipinski definition) is 1. The summed E-state index contributed by atoms with van der Waals surface area (Å²) in [6.07, 6.45) is 0.811. The van der Waals surface area contributed by atoms with E-state index < -0.39 is 0 Å². The number of nitrogens with two attached hydrogens (primary N) is 1. The van der Waals surface area contributed by atoms with E-state index in [-0.39, 0.29) is 6.04 Å². The van der Waals surface area contributed by atoms with Gasteiger partial charge in [-0.15, -0.1) is 0 Å². The van der Waals surface area contributed by atoms with Crippen molar-refractivity contribution in [2.45, 2.75) is 26.3 Å². The smallest absolute Gasteiger partial charge is 0.213 e. The third kappa shape index (κ3) is 1.48. The van der Waals surface area contributed by atoms with Gasteiger partial charge < -0.3 is 10.2 Å². The molecule has 0 radical (unpaired) electrons. The number of oxazole rings is 1. The molecule has 74 valence electrons. The largest absolute Gasteiger partial charge is 0.437 e. The maximum atomic E-state index is 5.81. The lowest BCUT2D eigenvalue weighted by Crippen LogP contribution is -2.08. The number of rotatable bonds is 2. The molecule has 0 amide bonds. The molecule has 0 aliphatic rings. The van der Waals surface area contributed by atoms with Crippen LogP contribution in [0.25, 0.3) is 11.2 Å². The third-order valence-electron chi connectivity index (χ3n) is 2.17. The number of pyridine rings is 1. The molecule has 14 heavy (non-hydrogen) atoms.